The Kier molecular flexibility index (Phi) is 1.88. The van der Waals surface area contributed by atoms with Crippen molar-refractivity contribution in [2.75, 3.05) is 0 Å². The van der Waals surface area contributed by atoms with Crippen molar-refractivity contribution in [2.24, 2.45) is 0 Å². The van der Waals surface area contributed by atoms with Gasteiger partial charge in [0, 0.05) is 5.54 Å². The highest BCUT2D eigenvalue weighted by molar-refractivity contribution is 5.78. The maximum atomic E-state index is 4.45. The van der Waals surface area contributed by atoms with Crippen LogP contribution in [-0.4, -0.2) is 9.55 Å². The van der Waals surface area contributed by atoms with E-state index in [1.54, 1.807) is 0 Å². The number of benzene rings is 1. The van der Waals surface area contributed by atoms with Crippen molar-refractivity contribution < 1.29 is 0 Å². The predicted molar refractivity (Wildman–Crippen MR) is 59.5 cm³/mol. The lowest BCUT2D eigenvalue weighted by atomic mass is 10.1. The SMILES string of the molecule is Cc1cccc2c1ncn2C(C)(C)C. The summed E-state index contributed by atoms with van der Waals surface area (Å²) in [7, 11) is 0. The van der Waals surface area contributed by atoms with E-state index in [9.17, 15) is 0 Å². The highest BCUT2D eigenvalue weighted by Crippen LogP contribution is 2.23. The molecule has 14 heavy (non-hydrogen) atoms. The average molecular weight is 188 g/mol. The average Bonchev–Trinajstić information content (AvgIpc) is 2.47. The van der Waals surface area contributed by atoms with Crippen LogP contribution in [-0.2, 0) is 5.54 Å². The molecule has 0 unspecified atom stereocenters. The van der Waals surface area contributed by atoms with Crippen molar-refractivity contribution in [1.29, 1.82) is 0 Å². The monoisotopic (exact) mass is 188 g/mol. The second kappa shape index (κ2) is 2.84. The minimum absolute atomic E-state index is 0.0997. The van der Waals surface area contributed by atoms with Gasteiger partial charge in [-0.3, -0.25) is 0 Å². The van der Waals surface area contributed by atoms with E-state index in [4.69, 9.17) is 0 Å². The molecule has 2 aromatic rings. The number of hydrogen-bond acceptors (Lipinski definition) is 1. The lowest BCUT2D eigenvalue weighted by Gasteiger charge is -2.21. The van der Waals surface area contributed by atoms with Gasteiger partial charge in [-0.15, -0.1) is 0 Å². The molecule has 0 bridgehead atoms. The Labute approximate surface area is 84.6 Å². The topological polar surface area (TPSA) is 17.8 Å². The van der Waals surface area contributed by atoms with Gasteiger partial charge in [0.15, 0.2) is 0 Å². The minimum Gasteiger partial charge on any atom is -0.325 e. The third-order valence-corrected chi connectivity index (χ3v) is 2.50. The van der Waals surface area contributed by atoms with Gasteiger partial charge in [-0.25, -0.2) is 4.98 Å². The summed E-state index contributed by atoms with van der Waals surface area (Å²) in [5, 5.41) is 0. The van der Waals surface area contributed by atoms with E-state index in [-0.39, 0.29) is 5.54 Å². The van der Waals surface area contributed by atoms with Gasteiger partial charge in [-0.05, 0) is 39.3 Å². The first-order valence-corrected chi connectivity index (χ1v) is 4.93. The number of imidazole rings is 1. The second-order valence-electron chi connectivity index (χ2n) is 4.73. The highest BCUT2D eigenvalue weighted by atomic mass is 15.1. The fourth-order valence-corrected chi connectivity index (χ4v) is 1.72. The van der Waals surface area contributed by atoms with Gasteiger partial charge < -0.3 is 4.57 Å². The molecule has 0 spiro atoms. The Balaban J connectivity index is 2.76. The molecule has 1 heterocycles. The molecule has 0 amide bonds. The summed E-state index contributed by atoms with van der Waals surface area (Å²) >= 11 is 0. The maximum Gasteiger partial charge on any atom is 0.0963 e. The molecular weight excluding hydrogens is 172 g/mol. The van der Waals surface area contributed by atoms with E-state index in [2.05, 4.69) is 55.4 Å². The van der Waals surface area contributed by atoms with E-state index in [0.29, 0.717) is 0 Å². The van der Waals surface area contributed by atoms with E-state index in [1.165, 1.54) is 11.1 Å². The molecule has 0 aliphatic heterocycles. The molecule has 1 aromatic heterocycles. The first-order chi connectivity index (χ1) is 6.50. The van der Waals surface area contributed by atoms with Crippen LogP contribution in [0.5, 0.6) is 0 Å². The molecule has 0 aliphatic carbocycles. The van der Waals surface area contributed by atoms with Crippen LogP contribution in [0, 0.1) is 6.92 Å². The second-order valence-corrected chi connectivity index (χ2v) is 4.73. The maximum absolute atomic E-state index is 4.45. The smallest absolute Gasteiger partial charge is 0.0963 e. The number of fused-ring (bicyclic) bond motifs is 1. The molecular formula is C12H16N2. The summed E-state index contributed by atoms with van der Waals surface area (Å²) in [6.45, 7) is 8.67. The highest BCUT2D eigenvalue weighted by Gasteiger charge is 2.15. The standard InChI is InChI=1S/C12H16N2/c1-9-6-5-7-10-11(9)13-8-14(10)12(2,3)4/h5-8H,1-4H3. The molecule has 0 aliphatic rings. The predicted octanol–water partition coefficient (Wildman–Crippen LogP) is 3.10. The number of nitrogens with zero attached hydrogens (tertiary/aromatic N) is 2. The first-order valence-electron chi connectivity index (χ1n) is 4.93. The van der Waals surface area contributed by atoms with Crippen molar-refractivity contribution in [3.05, 3.63) is 30.1 Å². The molecule has 0 N–H and O–H groups in total. The Morgan fingerprint density at radius 3 is 2.57 bits per heavy atom. The molecule has 0 atom stereocenters. The van der Waals surface area contributed by atoms with Crippen LogP contribution in [0.15, 0.2) is 24.5 Å². The first kappa shape index (κ1) is 9.25. The zero-order valence-corrected chi connectivity index (χ0v) is 9.20. The summed E-state index contributed by atoms with van der Waals surface area (Å²) in [4.78, 5) is 4.45. The normalized spacial score (nSPS) is 12.3. The molecule has 1 aromatic carbocycles. The molecule has 0 fully saturated rings. The van der Waals surface area contributed by atoms with Crippen LogP contribution in [0.1, 0.15) is 26.3 Å². The van der Waals surface area contributed by atoms with Crippen LogP contribution in [0.3, 0.4) is 0 Å². The number of rotatable bonds is 0. The summed E-state index contributed by atoms with van der Waals surface area (Å²) in [6.07, 6.45) is 1.93. The van der Waals surface area contributed by atoms with Gasteiger partial charge in [0.2, 0.25) is 0 Å². The van der Waals surface area contributed by atoms with Gasteiger partial charge in [0.25, 0.3) is 0 Å². The molecule has 74 valence electrons. The summed E-state index contributed by atoms with van der Waals surface area (Å²) in [6, 6.07) is 6.31. The van der Waals surface area contributed by atoms with Gasteiger partial charge in [0.05, 0.1) is 17.4 Å². The summed E-state index contributed by atoms with van der Waals surface area (Å²) in [5.41, 5.74) is 3.67. The Bertz CT molecular complexity index is 461. The van der Waals surface area contributed by atoms with E-state index >= 15 is 0 Å². The number of hydrogen-bond donors (Lipinski definition) is 0. The molecule has 0 radical (unpaired) electrons. The van der Waals surface area contributed by atoms with E-state index in [1.807, 2.05) is 6.33 Å². The fraction of sp³-hybridized carbons (Fsp3) is 0.417. The lowest BCUT2D eigenvalue weighted by molar-refractivity contribution is 0.408. The molecule has 2 nitrogen and oxygen atoms in total. The Morgan fingerprint density at radius 1 is 1.21 bits per heavy atom. The zero-order chi connectivity index (χ0) is 10.3. The number of para-hydroxylation sites is 1. The van der Waals surface area contributed by atoms with Gasteiger partial charge in [-0.2, -0.15) is 0 Å². The number of aromatic nitrogens is 2. The van der Waals surface area contributed by atoms with Crippen LogP contribution >= 0.6 is 0 Å². The van der Waals surface area contributed by atoms with Crippen molar-refractivity contribution >= 4 is 11.0 Å². The van der Waals surface area contributed by atoms with Gasteiger partial charge in [0.1, 0.15) is 0 Å². The third kappa shape index (κ3) is 1.31. The molecule has 2 heteroatoms. The number of aryl methyl sites for hydroxylation is 1. The Morgan fingerprint density at radius 2 is 1.93 bits per heavy atom. The largest absolute Gasteiger partial charge is 0.325 e. The molecule has 0 saturated heterocycles. The summed E-state index contributed by atoms with van der Waals surface area (Å²) < 4.78 is 2.22. The van der Waals surface area contributed by atoms with Crippen LogP contribution in [0.2, 0.25) is 0 Å². The molecule has 0 saturated carbocycles. The van der Waals surface area contributed by atoms with E-state index in [0.717, 1.165) is 5.52 Å². The third-order valence-electron chi connectivity index (χ3n) is 2.50. The fourth-order valence-electron chi connectivity index (χ4n) is 1.72. The summed E-state index contributed by atoms with van der Waals surface area (Å²) in [5.74, 6) is 0. The van der Waals surface area contributed by atoms with Gasteiger partial charge in [-0.1, -0.05) is 12.1 Å². The minimum atomic E-state index is 0.0997. The van der Waals surface area contributed by atoms with Crippen LogP contribution in [0.4, 0.5) is 0 Å². The van der Waals surface area contributed by atoms with Crippen LogP contribution in [0.25, 0.3) is 11.0 Å². The van der Waals surface area contributed by atoms with Crippen molar-refractivity contribution in [1.82, 2.24) is 9.55 Å². The van der Waals surface area contributed by atoms with Crippen molar-refractivity contribution in [3.63, 3.8) is 0 Å². The lowest BCUT2D eigenvalue weighted by Crippen LogP contribution is -2.20. The van der Waals surface area contributed by atoms with Gasteiger partial charge >= 0.3 is 0 Å². The van der Waals surface area contributed by atoms with E-state index < -0.39 is 0 Å². The van der Waals surface area contributed by atoms with Crippen LogP contribution < -0.4 is 0 Å². The van der Waals surface area contributed by atoms with Crippen molar-refractivity contribution in [3.8, 4) is 0 Å². The quantitative estimate of drug-likeness (QED) is 0.621. The van der Waals surface area contributed by atoms with Crippen molar-refractivity contribution in [2.45, 2.75) is 33.2 Å². The Hall–Kier alpha value is -1.31. The molecule has 2 rings (SSSR count). The zero-order valence-electron chi connectivity index (χ0n) is 9.20.